The Morgan fingerprint density at radius 3 is 1.29 bits per heavy atom. The van der Waals surface area contributed by atoms with Crippen molar-refractivity contribution in [2.24, 2.45) is 0 Å². The van der Waals surface area contributed by atoms with E-state index < -0.39 is 5.60 Å². The summed E-state index contributed by atoms with van der Waals surface area (Å²) in [7, 11) is 0. The first kappa shape index (κ1) is 22.3. The van der Waals surface area contributed by atoms with E-state index in [0.717, 1.165) is 12.8 Å². The third-order valence-electron chi connectivity index (χ3n) is 1.17. The maximum absolute atomic E-state index is 8.52. The molecule has 2 aliphatic carbocycles. The zero-order valence-corrected chi connectivity index (χ0v) is 14.0. The molecule has 0 saturated carbocycles. The molecule has 0 radical (unpaired) electrons. The van der Waals surface area contributed by atoms with Gasteiger partial charge in [-0.15, -0.1) is 25.2 Å². The van der Waals surface area contributed by atoms with Gasteiger partial charge < -0.3 is 5.11 Å². The maximum atomic E-state index is 8.52. The van der Waals surface area contributed by atoms with Crippen molar-refractivity contribution < 1.29 is 31.3 Å². The summed E-state index contributed by atoms with van der Waals surface area (Å²) in [6.07, 6.45) is 20.0. The molecule has 0 heterocycles. The quantitative estimate of drug-likeness (QED) is 0.669. The molecule has 0 aliphatic heterocycles. The second-order valence-corrected chi connectivity index (χ2v) is 4.18. The van der Waals surface area contributed by atoms with Crippen molar-refractivity contribution in [3.8, 4) is 0 Å². The van der Waals surface area contributed by atoms with Crippen molar-refractivity contribution in [3.63, 3.8) is 0 Å². The van der Waals surface area contributed by atoms with Gasteiger partial charge in [-0.25, -0.2) is 24.3 Å². The minimum absolute atomic E-state index is 0. The van der Waals surface area contributed by atoms with Crippen LogP contribution in [-0.4, -0.2) is 10.7 Å². The van der Waals surface area contributed by atoms with Crippen LogP contribution in [0.15, 0.2) is 36.5 Å². The van der Waals surface area contributed by atoms with E-state index in [1.54, 1.807) is 20.8 Å². The third kappa shape index (κ3) is 31.4. The van der Waals surface area contributed by atoms with E-state index in [9.17, 15) is 0 Å². The van der Waals surface area contributed by atoms with Crippen LogP contribution in [-0.2, 0) is 26.2 Å². The molecule has 1 N–H and O–H groups in total. The van der Waals surface area contributed by atoms with Crippen LogP contribution in [0.5, 0.6) is 0 Å². The van der Waals surface area contributed by atoms with E-state index in [2.05, 4.69) is 24.3 Å². The summed E-state index contributed by atoms with van der Waals surface area (Å²) in [5.74, 6) is 0. The second-order valence-electron chi connectivity index (χ2n) is 4.18. The molecule has 94 valence electrons. The zero-order chi connectivity index (χ0) is 11.6. The fourth-order valence-corrected chi connectivity index (χ4v) is 0.680. The Kier molecular flexibility index (Phi) is 18.6. The molecule has 0 aromatic carbocycles. The standard InChI is InChI=1S/2C5H5.C4H10O.ClH.Zr/c2*1-2-4-5-3-1;1-4(2,3)5;;/h2*1-3H,4H2;5H,1-3H3;1H;/q2*-1;;;+2. The number of allylic oxidation sites excluding steroid dienone is 8. The molecule has 0 fully saturated rings. The fraction of sp³-hybridized carbons (Fsp3) is 0.429. The van der Waals surface area contributed by atoms with Crippen molar-refractivity contribution in [1.82, 2.24) is 0 Å². The molecule has 0 amide bonds. The van der Waals surface area contributed by atoms with Gasteiger partial charge in [0.25, 0.3) is 0 Å². The average molecular weight is 332 g/mol. The Labute approximate surface area is 131 Å². The van der Waals surface area contributed by atoms with E-state index in [1.165, 1.54) is 0 Å². The Bertz CT molecular complexity index is 212. The van der Waals surface area contributed by atoms with Crippen molar-refractivity contribution in [1.29, 1.82) is 0 Å². The molecule has 3 heteroatoms. The summed E-state index contributed by atoms with van der Waals surface area (Å²) < 4.78 is 0. The number of hydrogen-bond donors (Lipinski definition) is 1. The minimum Gasteiger partial charge on any atom is -0.391 e. The molecule has 0 atom stereocenters. The molecular formula is C14H21ClOZr. The van der Waals surface area contributed by atoms with Crippen molar-refractivity contribution >= 4 is 12.4 Å². The molecule has 2 rings (SSSR count). The smallest absolute Gasteiger partial charge is 0.391 e. The summed E-state index contributed by atoms with van der Waals surface area (Å²) in [6, 6.07) is 0. The van der Waals surface area contributed by atoms with Gasteiger partial charge in [0.2, 0.25) is 0 Å². The summed E-state index contributed by atoms with van der Waals surface area (Å²) in [5.41, 5.74) is -0.500. The summed E-state index contributed by atoms with van der Waals surface area (Å²) in [4.78, 5) is 0. The first-order chi connectivity index (χ1) is 7.00. The van der Waals surface area contributed by atoms with Crippen LogP contribution >= 0.6 is 12.4 Å². The Balaban J connectivity index is -0.000000163. The van der Waals surface area contributed by atoms with E-state index in [4.69, 9.17) is 5.11 Å². The van der Waals surface area contributed by atoms with Crippen LogP contribution in [0.3, 0.4) is 0 Å². The largest absolute Gasteiger partial charge is 2.00 e. The van der Waals surface area contributed by atoms with Gasteiger partial charge in [0.1, 0.15) is 0 Å². The summed E-state index contributed by atoms with van der Waals surface area (Å²) in [6.45, 7) is 5.23. The predicted octanol–water partition coefficient (Wildman–Crippen LogP) is 3.81. The molecule has 2 aliphatic rings. The summed E-state index contributed by atoms with van der Waals surface area (Å²) in [5, 5.41) is 8.52. The van der Waals surface area contributed by atoms with Crippen LogP contribution in [0.4, 0.5) is 0 Å². The van der Waals surface area contributed by atoms with Gasteiger partial charge in [0.05, 0.1) is 5.60 Å². The molecule has 1 nitrogen and oxygen atoms in total. The van der Waals surface area contributed by atoms with Gasteiger partial charge in [-0.05, 0) is 20.8 Å². The fourth-order valence-electron chi connectivity index (χ4n) is 0.680. The van der Waals surface area contributed by atoms with Crippen LogP contribution in [0.1, 0.15) is 33.6 Å². The van der Waals surface area contributed by atoms with Crippen LogP contribution in [0.25, 0.3) is 0 Å². The SMILES string of the molecule is CC(C)(C)O.Cl.[C-]1=CC=CC1.[C-]1=CC=CC1.[Zr+2]. The predicted molar refractivity (Wildman–Crippen MR) is 72.4 cm³/mol. The van der Waals surface area contributed by atoms with Gasteiger partial charge >= 0.3 is 26.2 Å². The van der Waals surface area contributed by atoms with Gasteiger partial charge in [-0.3, -0.25) is 12.2 Å². The molecule has 17 heavy (non-hydrogen) atoms. The molecule has 0 bridgehead atoms. The van der Waals surface area contributed by atoms with Crippen LogP contribution < -0.4 is 0 Å². The van der Waals surface area contributed by atoms with Crippen molar-refractivity contribution in [2.45, 2.75) is 39.2 Å². The van der Waals surface area contributed by atoms with Crippen molar-refractivity contribution in [3.05, 3.63) is 48.6 Å². The Morgan fingerprint density at radius 1 is 0.941 bits per heavy atom. The van der Waals surface area contributed by atoms with E-state index >= 15 is 0 Å². The average Bonchev–Trinajstić information content (AvgIpc) is 2.81. The number of aliphatic hydroxyl groups is 1. The van der Waals surface area contributed by atoms with E-state index in [-0.39, 0.29) is 38.6 Å². The molecule has 0 aromatic heterocycles. The van der Waals surface area contributed by atoms with Gasteiger partial charge in [0, 0.05) is 0 Å². The maximum Gasteiger partial charge on any atom is 2.00 e. The topological polar surface area (TPSA) is 20.2 Å². The first-order valence-corrected chi connectivity index (χ1v) is 5.16. The van der Waals surface area contributed by atoms with Gasteiger partial charge in [0.15, 0.2) is 0 Å². The molecular weight excluding hydrogens is 311 g/mol. The number of rotatable bonds is 0. The Hall–Kier alpha value is 0.0931. The van der Waals surface area contributed by atoms with E-state index in [1.807, 2.05) is 24.3 Å². The van der Waals surface area contributed by atoms with Crippen LogP contribution in [0, 0.1) is 12.2 Å². The second kappa shape index (κ2) is 14.2. The minimum atomic E-state index is -0.500. The zero-order valence-electron chi connectivity index (χ0n) is 10.7. The molecule has 0 saturated heterocycles. The monoisotopic (exact) mass is 330 g/mol. The normalized spacial score (nSPS) is 13.9. The van der Waals surface area contributed by atoms with Crippen LogP contribution in [0.2, 0.25) is 0 Å². The first-order valence-electron chi connectivity index (χ1n) is 5.16. The molecule has 0 unspecified atom stereocenters. The third-order valence-corrected chi connectivity index (χ3v) is 1.17. The summed E-state index contributed by atoms with van der Waals surface area (Å²) >= 11 is 0. The molecule has 0 aromatic rings. The number of halogens is 1. The van der Waals surface area contributed by atoms with Gasteiger partial charge in [-0.1, -0.05) is 0 Å². The van der Waals surface area contributed by atoms with Gasteiger partial charge in [-0.2, -0.15) is 12.2 Å². The number of hydrogen-bond acceptors (Lipinski definition) is 1. The Morgan fingerprint density at radius 2 is 1.24 bits per heavy atom. The van der Waals surface area contributed by atoms with E-state index in [0.29, 0.717) is 0 Å². The molecule has 0 spiro atoms. The van der Waals surface area contributed by atoms with Crippen molar-refractivity contribution in [2.75, 3.05) is 0 Å².